The van der Waals surface area contributed by atoms with Crippen molar-refractivity contribution in [3.8, 4) is 0 Å². The van der Waals surface area contributed by atoms with Gasteiger partial charge >= 0.3 is 0 Å². The van der Waals surface area contributed by atoms with Gasteiger partial charge in [-0.15, -0.1) is 11.6 Å². The Labute approximate surface area is 74.1 Å². The van der Waals surface area contributed by atoms with Gasteiger partial charge in [0.25, 0.3) is 0 Å². The normalized spacial score (nSPS) is 37.4. The Bertz CT molecular complexity index is 95.6. The van der Waals surface area contributed by atoms with Gasteiger partial charge in [-0.1, -0.05) is 20.8 Å². The van der Waals surface area contributed by atoms with Crippen molar-refractivity contribution >= 4 is 11.6 Å². The van der Waals surface area contributed by atoms with Gasteiger partial charge in [0.2, 0.25) is 0 Å². The molecule has 0 N–H and O–H groups in total. The van der Waals surface area contributed by atoms with Crippen molar-refractivity contribution in [2.75, 3.05) is 0 Å². The van der Waals surface area contributed by atoms with Crippen LogP contribution in [0.1, 0.15) is 40.0 Å². The van der Waals surface area contributed by atoms with E-state index < -0.39 is 6.17 Å². The molecular formula is C9H18ClF. The van der Waals surface area contributed by atoms with Gasteiger partial charge in [-0.3, -0.25) is 0 Å². The number of halogens is 2. The minimum atomic E-state index is -0.754. The van der Waals surface area contributed by atoms with Gasteiger partial charge in [0.1, 0.15) is 6.17 Å². The first kappa shape index (κ1) is 11.2. The molecular weight excluding hydrogens is 163 g/mol. The van der Waals surface area contributed by atoms with E-state index in [1.54, 1.807) is 0 Å². The summed E-state index contributed by atoms with van der Waals surface area (Å²) in [4.78, 5) is 0. The summed E-state index contributed by atoms with van der Waals surface area (Å²) in [6.07, 6.45) is 1.85. The number of rotatable bonds is 0. The summed E-state index contributed by atoms with van der Waals surface area (Å²) in [5, 5.41) is -0.207. The molecule has 1 fully saturated rings. The second kappa shape index (κ2) is 5.82. The lowest BCUT2D eigenvalue weighted by Gasteiger charge is -2.25. The summed E-state index contributed by atoms with van der Waals surface area (Å²) in [6, 6.07) is 0. The lowest BCUT2D eigenvalue weighted by molar-refractivity contribution is 0.213. The van der Waals surface area contributed by atoms with Gasteiger partial charge in [0.05, 0.1) is 5.38 Å². The maximum atomic E-state index is 12.7. The molecule has 1 aliphatic rings. The van der Waals surface area contributed by atoms with Crippen molar-refractivity contribution in [2.45, 2.75) is 51.6 Å². The maximum Gasteiger partial charge on any atom is 0.117 e. The van der Waals surface area contributed by atoms with Crippen LogP contribution in [0, 0.1) is 5.92 Å². The predicted molar refractivity (Wildman–Crippen MR) is 48.9 cm³/mol. The molecule has 1 aliphatic carbocycles. The fourth-order valence-corrected chi connectivity index (χ4v) is 1.50. The topological polar surface area (TPSA) is 0 Å². The molecule has 1 saturated carbocycles. The van der Waals surface area contributed by atoms with Crippen LogP contribution in [0.5, 0.6) is 0 Å². The molecule has 0 amide bonds. The van der Waals surface area contributed by atoms with Gasteiger partial charge in [-0.05, 0) is 25.2 Å². The SMILES string of the molecule is CC.CC1CCC(Cl)C(F)C1. The Kier molecular flexibility index (Phi) is 5.93. The average molecular weight is 181 g/mol. The van der Waals surface area contributed by atoms with Gasteiger partial charge in [0.15, 0.2) is 0 Å². The fourth-order valence-electron chi connectivity index (χ4n) is 1.27. The average Bonchev–Trinajstić information content (AvgIpc) is 2.02. The van der Waals surface area contributed by atoms with Crippen LogP contribution in [-0.4, -0.2) is 11.5 Å². The van der Waals surface area contributed by atoms with E-state index in [1.807, 2.05) is 13.8 Å². The summed E-state index contributed by atoms with van der Waals surface area (Å²) in [5.74, 6) is 0.537. The lowest BCUT2D eigenvalue weighted by Crippen LogP contribution is -2.25. The highest BCUT2D eigenvalue weighted by atomic mass is 35.5. The van der Waals surface area contributed by atoms with Gasteiger partial charge in [-0.2, -0.15) is 0 Å². The summed E-state index contributed by atoms with van der Waals surface area (Å²) in [5.41, 5.74) is 0. The van der Waals surface area contributed by atoms with Crippen molar-refractivity contribution in [3.05, 3.63) is 0 Å². The molecule has 0 heterocycles. The first-order valence-electron chi connectivity index (χ1n) is 4.48. The fraction of sp³-hybridized carbons (Fsp3) is 1.00. The molecule has 0 radical (unpaired) electrons. The molecule has 0 aliphatic heterocycles. The zero-order valence-corrected chi connectivity index (χ0v) is 8.37. The summed E-state index contributed by atoms with van der Waals surface area (Å²) < 4.78 is 12.7. The van der Waals surface area contributed by atoms with Gasteiger partial charge in [0, 0.05) is 0 Å². The van der Waals surface area contributed by atoms with E-state index in [0.717, 1.165) is 12.8 Å². The molecule has 0 aromatic heterocycles. The first-order valence-corrected chi connectivity index (χ1v) is 4.92. The molecule has 0 aromatic rings. The number of alkyl halides is 2. The van der Waals surface area contributed by atoms with Crippen LogP contribution in [-0.2, 0) is 0 Å². The van der Waals surface area contributed by atoms with Crippen LogP contribution in [0.2, 0.25) is 0 Å². The first-order chi connectivity index (χ1) is 5.20. The molecule has 11 heavy (non-hydrogen) atoms. The van der Waals surface area contributed by atoms with Crippen LogP contribution < -0.4 is 0 Å². The van der Waals surface area contributed by atoms with E-state index in [0.29, 0.717) is 12.3 Å². The largest absolute Gasteiger partial charge is 0.246 e. The van der Waals surface area contributed by atoms with Crippen LogP contribution >= 0.6 is 11.6 Å². The van der Waals surface area contributed by atoms with E-state index in [-0.39, 0.29) is 5.38 Å². The third kappa shape index (κ3) is 3.95. The third-order valence-electron chi connectivity index (χ3n) is 1.96. The van der Waals surface area contributed by atoms with E-state index in [4.69, 9.17) is 11.6 Å². The Morgan fingerprint density at radius 1 is 1.27 bits per heavy atom. The van der Waals surface area contributed by atoms with Crippen molar-refractivity contribution < 1.29 is 4.39 Å². The smallest absolute Gasteiger partial charge is 0.117 e. The van der Waals surface area contributed by atoms with Gasteiger partial charge < -0.3 is 0 Å². The predicted octanol–water partition coefficient (Wildman–Crippen LogP) is 3.78. The molecule has 0 saturated heterocycles. The molecule has 68 valence electrons. The van der Waals surface area contributed by atoms with Crippen LogP contribution in [0.15, 0.2) is 0 Å². The Morgan fingerprint density at radius 3 is 2.18 bits per heavy atom. The van der Waals surface area contributed by atoms with Crippen LogP contribution in [0.4, 0.5) is 4.39 Å². The minimum Gasteiger partial charge on any atom is -0.246 e. The van der Waals surface area contributed by atoms with Crippen molar-refractivity contribution in [2.24, 2.45) is 5.92 Å². The van der Waals surface area contributed by atoms with Crippen LogP contribution in [0.25, 0.3) is 0 Å². The molecule has 3 atom stereocenters. The maximum absolute atomic E-state index is 12.7. The van der Waals surface area contributed by atoms with E-state index in [9.17, 15) is 4.39 Å². The second-order valence-corrected chi connectivity index (χ2v) is 3.51. The van der Waals surface area contributed by atoms with E-state index in [1.165, 1.54) is 0 Å². The number of hydrogen-bond acceptors (Lipinski definition) is 0. The zero-order valence-electron chi connectivity index (χ0n) is 7.61. The molecule has 0 nitrogen and oxygen atoms in total. The van der Waals surface area contributed by atoms with Crippen LogP contribution in [0.3, 0.4) is 0 Å². The monoisotopic (exact) mass is 180 g/mol. The number of hydrogen-bond donors (Lipinski definition) is 0. The minimum absolute atomic E-state index is 0.207. The standard InChI is InChI=1S/C7H12ClF.C2H6/c1-5-2-3-6(8)7(9)4-5;1-2/h5-7H,2-4H2,1H3;1-2H3. The molecule has 3 unspecified atom stereocenters. The summed E-state index contributed by atoms with van der Waals surface area (Å²) in [7, 11) is 0. The van der Waals surface area contributed by atoms with Crippen molar-refractivity contribution in [1.29, 1.82) is 0 Å². The molecule has 1 rings (SSSR count). The van der Waals surface area contributed by atoms with E-state index in [2.05, 4.69) is 6.92 Å². The van der Waals surface area contributed by atoms with Gasteiger partial charge in [-0.25, -0.2) is 4.39 Å². The zero-order chi connectivity index (χ0) is 8.85. The summed E-state index contributed by atoms with van der Waals surface area (Å²) >= 11 is 5.66. The molecule has 2 heteroatoms. The van der Waals surface area contributed by atoms with Crippen molar-refractivity contribution in [3.63, 3.8) is 0 Å². The molecule has 0 spiro atoms. The second-order valence-electron chi connectivity index (χ2n) is 2.95. The third-order valence-corrected chi connectivity index (χ3v) is 2.45. The highest BCUT2D eigenvalue weighted by molar-refractivity contribution is 6.21. The lowest BCUT2D eigenvalue weighted by atomic mass is 9.89. The molecule has 0 aromatic carbocycles. The van der Waals surface area contributed by atoms with Crippen molar-refractivity contribution in [1.82, 2.24) is 0 Å². The van der Waals surface area contributed by atoms with E-state index >= 15 is 0 Å². The molecule has 0 bridgehead atoms. The highest BCUT2D eigenvalue weighted by Crippen LogP contribution is 2.29. The summed E-state index contributed by atoms with van der Waals surface area (Å²) in [6.45, 7) is 6.08. The quantitative estimate of drug-likeness (QED) is 0.498. The Hall–Kier alpha value is 0.220. The Morgan fingerprint density at radius 2 is 1.82 bits per heavy atom. The highest BCUT2D eigenvalue weighted by Gasteiger charge is 2.26. The Balaban J connectivity index is 0.000000461.